The maximum Gasteiger partial charge on any atom is 0.154 e. The second-order valence-corrected chi connectivity index (χ2v) is 8.84. The Balaban J connectivity index is 1.36. The summed E-state index contributed by atoms with van der Waals surface area (Å²) in [5, 5.41) is 0.742. The fraction of sp³-hybridized carbons (Fsp3) is 0.333. The van der Waals surface area contributed by atoms with Crippen molar-refractivity contribution in [1.29, 1.82) is 0 Å². The Kier molecular flexibility index (Phi) is 5.13. The molecular formula is C24H21ClF3N3. The summed E-state index contributed by atoms with van der Waals surface area (Å²) in [5.74, 6) is -0.389. The molecule has 1 aliphatic carbocycles. The molecule has 2 aromatic carbocycles. The summed E-state index contributed by atoms with van der Waals surface area (Å²) in [7, 11) is 0. The number of fused-ring (bicyclic) bond motifs is 2. The number of benzene rings is 2. The third-order valence-electron chi connectivity index (χ3n) is 6.72. The molecule has 0 aliphatic heterocycles. The largest absolute Gasteiger partial charge is 0.340 e. The van der Waals surface area contributed by atoms with Gasteiger partial charge >= 0.3 is 0 Å². The Morgan fingerprint density at radius 2 is 1.81 bits per heavy atom. The highest BCUT2D eigenvalue weighted by atomic mass is 35.5. The summed E-state index contributed by atoms with van der Waals surface area (Å²) in [5.41, 5.74) is 2.23. The number of halogens is 4. The third-order valence-corrected chi connectivity index (χ3v) is 7.09. The predicted molar refractivity (Wildman–Crippen MR) is 116 cm³/mol. The molecule has 1 saturated carbocycles. The van der Waals surface area contributed by atoms with E-state index in [-0.39, 0.29) is 27.8 Å². The molecule has 1 atom stereocenters. The first-order chi connectivity index (χ1) is 14.9. The van der Waals surface area contributed by atoms with Gasteiger partial charge in [0.05, 0.1) is 11.0 Å². The van der Waals surface area contributed by atoms with Gasteiger partial charge < -0.3 is 4.98 Å². The van der Waals surface area contributed by atoms with Crippen LogP contribution in [0.3, 0.4) is 0 Å². The number of pyridine rings is 1. The SMILES string of the molecule is C[C@@H](c1nc2c(F)cc(F)c(Cl)c2[nH]1)[C@H]1CC[C@H](c2ccnc3ccc(F)cc32)CC1. The van der Waals surface area contributed by atoms with Gasteiger partial charge in [-0.05, 0) is 67.3 Å². The zero-order chi connectivity index (χ0) is 21.7. The maximum atomic E-state index is 14.1. The van der Waals surface area contributed by atoms with E-state index in [4.69, 9.17) is 11.6 Å². The van der Waals surface area contributed by atoms with E-state index >= 15 is 0 Å². The Hall–Kier alpha value is -2.60. The van der Waals surface area contributed by atoms with E-state index in [1.165, 1.54) is 6.07 Å². The number of H-pyrrole nitrogens is 1. The first kappa shape index (κ1) is 20.3. The predicted octanol–water partition coefficient (Wildman–Crippen LogP) is 7.26. The average Bonchev–Trinajstić information content (AvgIpc) is 3.23. The molecule has 0 spiro atoms. The van der Waals surface area contributed by atoms with Gasteiger partial charge in [0.15, 0.2) is 5.82 Å². The lowest BCUT2D eigenvalue weighted by Gasteiger charge is -2.32. The molecule has 7 heteroatoms. The Morgan fingerprint density at radius 1 is 1.03 bits per heavy atom. The van der Waals surface area contributed by atoms with E-state index < -0.39 is 11.6 Å². The first-order valence-corrected chi connectivity index (χ1v) is 10.9. The molecule has 5 rings (SSSR count). The van der Waals surface area contributed by atoms with E-state index in [1.54, 1.807) is 18.3 Å². The Morgan fingerprint density at radius 3 is 2.58 bits per heavy atom. The molecule has 2 aromatic heterocycles. The van der Waals surface area contributed by atoms with Crippen molar-refractivity contribution in [3.63, 3.8) is 0 Å². The van der Waals surface area contributed by atoms with Crippen molar-refractivity contribution < 1.29 is 13.2 Å². The molecule has 31 heavy (non-hydrogen) atoms. The van der Waals surface area contributed by atoms with E-state index in [9.17, 15) is 13.2 Å². The molecule has 1 N–H and O–H groups in total. The second-order valence-electron chi connectivity index (χ2n) is 8.46. The van der Waals surface area contributed by atoms with Gasteiger partial charge in [-0.3, -0.25) is 4.98 Å². The number of aromatic amines is 1. The van der Waals surface area contributed by atoms with Gasteiger partial charge in [0.25, 0.3) is 0 Å². The molecule has 1 fully saturated rings. The number of hydrogen-bond acceptors (Lipinski definition) is 2. The molecule has 1 aliphatic rings. The minimum atomic E-state index is -0.795. The number of rotatable bonds is 3. The first-order valence-electron chi connectivity index (χ1n) is 10.5. The summed E-state index contributed by atoms with van der Waals surface area (Å²) in [4.78, 5) is 11.8. The fourth-order valence-corrected chi connectivity index (χ4v) is 5.14. The number of imidazole rings is 1. The van der Waals surface area contributed by atoms with Crippen molar-refractivity contribution in [2.45, 2.75) is 44.4 Å². The van der Waals surface area contributed by atoms with Crippen LogP contribution in [0, 0.1) is 23.4 Å². The zero-order valence-electron chi connectivity index (χ0n) is 16.9. The van der Waals surface area contributed by atoms with Crippen molar-refractivity contribution in [3.8, 4) is 0 Å². The smallest absolute Gasteiger partial charge is 0.154 e. The lowest BCUT2D eigenvalue weighted by Crippen LogP contribution is -2.19. The highest BCUT2D eigenvalue weighted by molar-refractivity contribution is 6.35. The third kappa shape index (κ3) is 3.57. The fourth-order valence-electron chi connectivity index (χ4n) is 4.95. The lowest BCUT2D eigenvalue weighted by molar-refractivity contribution is 0.286. The summed E-state index contributed by atoms with van der Waals surface area (Å²) < 4.78 is 41.7. The summed E-state index contributed by atoms with van der Waals surface area (Å²) >= 11 is 6.00. The van der Waals surface area contributed by atoms with E-state index in [2.05, 4.69) is 21.9 Å². The molecule has 0 radical (unpaired) electrons. The summed E-state index contributed by atoms with van der Waals surface area (Å²) in [6.45, 7) is 2.06. The molecular weight excluding hydrogens is 423 g/mol. The molecule has 0 saturated heterocycles. The molecule has 4 aromatic rings. The quantitative estimate of drug-likeness (QED) is 0.338. The highest BCUT2D eigenvalue weighted by Gasteiger charge is 2.30. The van der Waals surface area contributed by atoms with Gasteiger partial charge in [-0.25, -0.2) is 18.2 Å². The van der Waals surface area contributed by atoms with Crippen LogP contribution in [0.2, 0.25) is 5.02 Å². The van der Waals surface area contributed by atoms with E-state index in [1.807, 2.05) is 6.07 Å². The second kappa shape index (κ2) is 7.83. The van der Waals surface area contributed by atoms with Gasteiger partial charge in [-0.1, -0.05) is 18.5 Å². The van der Waals surface area contributed by atoms with Crippen LogP contribution < -0.4 is 0 Å². The molecule has 160 valence electrons. The number of nitrogens with zero attached hydrogens (tertiary/aromatic N) is 2. The molecule has 3 nitrogen and oxygen atoms in total. The van der Waals surface area contributed by atoms with E-state index in [0.717, 1.165) is 48.2 Å². The van der Waals surface area contributed by atoms with Crippen LogP contribution in [0.5, 0.6) is 0 Å². The molecule has 0 amide bonds. The average molecular weight is 444 g/mol. The normalized spacial score (nSPS) is 20.4. The van der Waals surface area contributed by atoms with Crippen molar-refractivity contribution in [2.24, 2.45) is 5.92 Å². The zero-order valence-corrected chi connectivity index (χ0v) is 17.7. The van der Waals surface area contributed by atoms with Crippen molar-refractivity contribution in [1.82, 2.24) is 15.0 Å². The van der Waals surface area contributed by atoms with Gasteiger partial charge in [-0.15, -0.1) is 0 Å². The van der Waals surface area contributed by atoms with Crippen molar-refractivity contribution in [2.75, 3.05) is 0 Å². The summed E-state index contributed by atoms with van der Waals surface area (Å²) in [6.07, 6.45) is 5.65. The lowest BCUT2D eigenvalue weighted by atomic mass is 9.73. The van der Waals surface area contributed by atoms with Crippen LogP contribution in [0.25, 0.3) is 21.9 Å². The van der Waals surface area contributed by atoms with Crippen molar-refractivity contribution in [3.05, 3.63) is 70.4 Å². The van der Waals surface area contributed by atoms with E-state index in [0.29, 0.717) is 17.7 Å². The molecule has 0 unspecified atom stereocenters. The monoisotopic (exact) mass is 443 g/mol. The summed E-state index contributed by atoms with van der Waals surface area (Å²) in [6, 6.07) is 7.49. The van der Waals surface area contributed by atoms with Gasteiger partial charge in [0.1, 0.15) is 28.0 Å². The maximum absolute atomic E-state index is 14.1. The van der Waals surface area contributed by atoms with Gasteiger partial charge in [-0.2, -0.15) is 0 Å². The number of aromatic nitrogens is 3. The number of hydrogen-bond donors (Lipinski definition) is 1. The standard InChI is InChI=1S/C24H21ClF3N3/c1-12(24-30-22-19(28)11-18(27)21(25)23(22)31-24)13-2-4-14(5-3-13)16-8-9-29-20-7-6-15(26)10-17(16)20/h6-14H,2-5H2,1H3,(H,30,31)/t12-,13-,14-/m1/s1. The highest BCUT2D eigenvalue weighted by Crippen LogP contribution is 2.43. The molecule has 2 heterocycles. The Bertz CT molecular complexity index is 1280. The van der Waals surface area contributed by atoms with Gasteiger partial charge in [0.2, 0.25) is 0 Å². The van der Waals surface area contributed by atoms with Crippen LogP contribution in [0.4, 0.5) is 13.2 Å². The number of nitrogens with one attached hydrogen (secondary N) is 1. The van der Waals surface area contributed by atoms with Crippen LogP contribution in [0.1, 0.15) is 55.8 Å². The molecule has 0 bridgehead atoms. The van der Waals surface area contributed by atoms with Crippen LogP contribution in [0.15, 0.2) is 36.5 Å². The van der Waals surface area contributed by atoms with Crippen LogP contribution in [-0.2, 0) is 0 Å². The van der Waals surface area contributed by atoms with Crippen LogP contribution >= 0.6 is 11.6 Å². The van der Waals surface area contributed by atoms with Crippen molar-refractivity contribution >= 4 is 33.5 Å². The van der Waals surface area contributed by atoms with Crippen LogP contribution in [-0.4, -0.2) is 15.0 Å². The van der Waals surface area contributed by atoms with Gasteiger partial charge in [0, 0.05) is 23.6 Å². The minimum Gasteiger partial charge on any atom is -0.340 e. The Labute approximate surface area is 182 Å². The topological polar surface area (TPSA) is 41.6 Å². The minimum absolute atomic E-state index is 0.0542.